The van der Waals surface area contributed by atoms with E-state index in [4.69, 9.17) is 0 Å². The summed E-state index contributed by atoms with van der Waals surface area (Å²) in [7, 11) is -3.66. The first kappa shape index (κ1) is 26.6. The molecule has 2 amide bonds. The molecule has 2 heterocycles. The number of aryl methyl sites for hydroxylation is 1. The van der Waals surface area contributed by atoms with Crippen LogP contribution in [0.4, 0.5) is 18.9 Å². The molecular formula is C26H29F3N4O4S. The summed E-state index contributed by atoms with van der Waals surface area (Å²) in [6.45, 7) is 2.70. The number of anilines is 1. The van der Waals surface area contributed by atoms with Gasteiger partial charge < -0.3 is 5.32 Å². The molecule has 5 rings (SSSR count). The van der Waals surface area contributed by atoms with E-state index in [9.17, 15) is 31.2 Å². The minimum absolute atomic E-state index is 0.0690. The average Bonchev–Trinajstić information content (AvgIpc) is 3.58. The van der Waals surface area contributed by atoms with E-state index in [0.717, 1.165) is 6.07 Å². The maximum atomic E-state index is 14.4. The molecule has 1 N–H and O–H groups in total. The minimum Gasteiger partial charge on any atom is -0.351 e. The number of hydrogen-bond acceptors (Lipinski definition) is 4. The summed E-state index contributed by atoms with van der Waals surface area (Å²) in [5, 5.41) is 2.64. The van der Waals surface area contributed by atoms with Crippen LogP contribution < -0.4 is 10.2 Å². The molecule has 1 saturated carbocycles. The largest absolute Gasteiger partial charge is 0.351 e. The van der Waals surface area contributed by atoms with Crippen LogP contribution in [-0.2, 0) is 19.8 Å². The van der Waals surface area contributed by atoms with Crippen molar-refractivity contribution in [2.75, 3.05) is 31.1 Å². The highest BCUT2D eigenvalue weighted by Gasteiger charge is 2.48. The number of alkyl halides is 2. The summed E-state index contributed by atoms with van der Waals surface area (Å²) in [5.41, 5.74) is 1.25. The van der Waals surface area contributed by atoms with Crippen molar-refractivity contribution in [3.8, 4) is 0 Å². The second-order valence-electron chi connectivity index (χ2n) is 10.2. The van der Waals surface area contributed by atoms with Crippen LogP contribution >= 0.6 is 0 Å². The molecule has 0 bridgehead atoms. The van der Waals surface area contributed by atoms with E-state index < -0.39 is 64.6 Å². The summed E-state index contributed by atoms with van der Waals surface area (Å²) < 4.78 is 69.4. The SMILES string of the molecule is Cc1ccccc1C(C(=O)NC1CC(F)(F)C1)N(C(=O)[C@H]1CCN(S(=O)(=O)N2CC2)C1)c1cccc(F)c1. The lowest BCUT2D eigenvalue weighted by Gasteiger charge is -2.39. The molecule has 12 heteroatoms. The van der Waals surface area contributed by atoms with Gasteiger partial charge in [-0.05, 0) is 42.7 Å². The van der Waals surface area contributed by atoms with Gasteiger partial charge in [0.25, 0.3) is 16.1 Å². The van der Waals surface area contributed by atoms with Crippen LogP contribution in [0.2, 0.25) is 0 Å². The first-order valence-corrected chi connectivity index (χ1v) is 13.9. The number of halogens is 3. The van der Waals surface area contributed by atoms with Gasteiger partial charge in [-0.2, -0.15) is 17.0 Å². The minimum atomic E-state index is -3.66. The smallest absolute Gasteiger partial charge is 0.282 e. The Hall–Kier alpha value is -2.96. The average molecular weight is 551 g/mol. The lowest BCUT2D eigenvalue weighted by Crippen LogP contribution is -2.54. The lowest BCUT2D eigenvalue weighted by atomic mass is 9.87. The van der Waals surface area contributed by atoms with Crippen LogP contribution in [0.5, 0.6) is 0 Å². The zero-order valence-corrected chi connectivity index (χ0v) is 21.6. The monoisotopic (exact) mass is 550 g/mol. The summed E-state index contributed by atoms with van der Waals surface area (Å²) in [4.78, 5) is 29.0. The first-order chi connectivity index (χ1) is 18.0. The predicted molar refractivity (Wildman–Crippen MR) is 134 cm³/mol. The Balaban J connectivity index is 1.51. The van der Waals surface area contributed by atoms with E-state index in [1.807, 2.05) is 0 Å². The fraction of sp³-hybridized carbons (Fsp3) is 0.462. The van der Waals surface area contributed by atoms with E-state index >= 15 is 0 Å². The van der Waals surface area contributed by atoms with E-state index in [1.165, 1.54) is 31.7 Å². The standard InChI is InChI=1S/C26H29F3N4O4S/c1-17-5-2-3-8-22(17)23(24(34)30-20-14-26(28,29)15-20)33(21-7-4-6-19(27)13-21)25(35)18-9-10-32(16-18)38(36,37)31-11-12-31/h2-8,13,18,20,23H,9-12,14-16H2,1H3,(H,30,34)/t18-,23?/m0/s1. The van der Waals surface area contributed by atoms with E-state index in [2.05, 4.69) is 5.32 Å². The third-order valence-corrected chi connectivity index (χ3v) is 9.31. The number of rotatable bonds is 8. The zero-order chi connectivity index (χ0) is 27.2. The van der Waals surface area contributed by atoms with Crippen molar-refractivity contribution >= 4 is 27.7 Å². The quantitative estimate of drug-likeness (QED) is 0.512. The van der Waals surface area contributed by atoms with Crippen LogP contribution in [0.3, 0.4) is 0 Å². The number of nitrogens with one attached hydrogen (secondary N) is 1. The van der Waals surface area contributed by atoms with Gasteiger partial charge in [0.2, 0.25) is 11.8 Å². The molecule has 2 aromatic rings. The van der Waals surface area contributed by atoms with Crippen molar-refractivity contribution in [2.45, 2.75) is 44.2 Å². The number of hydrogen-bond donors (Lipinski definition) is 1. The summed E-state index contributed by atoms with van der Waals surface area (Å²) in [6, 6.07) is 10.1. The molecule has 2 aromatic carbocycles. The molecule has 8 nitrogen and oxygen atoms in total. The van der Waals surface area contributed by atoms with Crippen LogP contribution in [-0.4, -0.2) is 67.0 Å². The predicted octanol–water partition coefficient (Wildman–Crippen LogP) is 3.00. The van der Waals surface area contributed by atoms with Crippen molar-refractivity contribution in [3.63, 3.8) is 0 Å². The number of carbonyl (C=O) groups is 2. The molecule has 38 heavy (non-hydrogen) atoms. The van der Waals surface area contributed by atoms with Crippen LogP contribution in [0.25, 0.3) is 0 Å². The van der Waals surface area contributed by atoms with Crippen molar-refractivity contribution in [1.82, 2.24) is 13.9 Å². The zero-order valence-electron chi connectivity index (χ0n) is 20.8. The molecule has 204 valence electrons. The maximum Gasteiger partial charge on any atom is 0.282 e. The van der Waals surface area contributed by atoms with Crippen molar-refractivity contribution in [1.29, 1.82) is 0 Å². The Morgan fingerprint density at radius 2 is 1.76 bits per heavy atom. The highest BCUT2D eigenvalue weighted by molar-refractivity contribution is 7.87. The van der Waals surface area contributed by atoms with E-state index in [1.54, 1.807) is 31.2 Å². The van der Waals surface area contributed by atoms with Gasteiger partial charge in [-0.25, -0.2) is 13.2 Å². The normalized spacial score (nSPS) is 22.5. The van der Waals surface area contributed by atoms with Crippen LogP contribution in [0.15, 0.2) is 48.5 Å². The fourth-order valence-corrected chi connectivity index (χ4v) is 6.71. The molecule has 3 fully saturated rings. The van der Waals surface area contributed by atoms with Crippen molar-refractivity contribution < 1.29 is 31.2 Å². The number of amides is 2. The topological polar surface area (TPSA) is 89.8 Å². The number of benzene rings is 2. The Bertz CT molecular complexity index is 1340. The first-order valence-electron chi connectivity index (χ1n) is 12.5. The molecule has 0 aromatic heterocycles. The van der Waals surface area contributed by atoms with Gasteiger partial charge in [-0.3, -0.25) is 14.5 Å². The van der Waals surface area contributed by atoms with Gasteiger partial charge in [0.05, 0.1) is 5.92 Å². The van der Waals surface area contributed by atoms with Crippen molar-refractivity contribution in [2.24, 2.45) is 5.92 Å². The van der Waals surface area contributed by atoms with Crippen LogP contribution in [0, 0.1) is 18.7 Å². The highest BCUT2D eigenvalue weighted by Crippen LogP contribution is 2.39. The molecule has 1 unspecified atom stereocenters. The summed E-state index contributed by atoms with van der Waals surface area (Å²) in [6.07, 6.45) is -0.771. The second-order valence-corrected chi connectivity index (χ2v) is 12.1. The van der Waals surface area contributed by atoms with E-state index in [0.29, 0.717) is 24.2 Å². The number of carbonyl (C=O) groups excluding carboxylic acids is 2. The van der Waals surface area contributed by atoms with Gasteiger partial charge in [-0.15, -0.1) is 0 Å². The second kappa shape index (κ2) is 9.97. The Labute approximate surface area is 219 Å². The third-order valence-electron chi connectivity index (χ3n) is 7.31. The molecule has 2 atom stereocenters. The molecule has 2 saturated heterocycles. The molecule has 0 radical (unpaired) electrons. The highest BCUT2D eigenvalue weighted by atomic mass is 32.2. The van der Waals surface area contributed by atoms with Gasteiger partial charge in [-0.1, -0.05) is 30.3 Å². The van der Waals surface area contributed by atoms with Gasteiger partial charge in [0, 0.05) is 50.7 Å². The molecule has 3 aliphatic rings. The summed E-state index contributed by atoms with van der Waals surface area (Å²) >= 11 is 0. The Kier molecular flexibility index (Phi) is 6.99. The Morgan fingerprint density at radius 1 is 1.05 bits per heavy atom. The van der Waals surface area contributed by atoms with Gasteiger partial charge in [0.1, 0.15) is 11.9 Å². The Morgan fingerprint density at radius 3 is 2.39 bits per heavy atom. The number of nitrogens with zero attached hydrogens (tertiary/aromatic N) is 3. The lowest BCUT2D eigenvalue weighted by molar-refractivity contribution is -0.133. The van der Waals surface area contributed by atoms with Gasteiger partial charge in [0.15, 0.2) is 0 Å². The fourth-order valence-electron chi connectivity index (χ4n) is 5.13. The van der Waals surface area contributed by atoms with E-state index in [-0.39, 0.29) is 25.2 Å². The van der Waals surface area contributed by atoms with Gasteiger partial charge >= 0.3 is 0 Å². The molecule has 2 aliphatic heterocycles. The molecule has 1 aliphatic carbocycles. The summed E-state index contributed by atoms with van der Waals surface area (Å²) in [5.74, 6) is -5.46. The molecule has 0 spiro atoms. The molecular weight excluding hydrogens is 521 g/mol. The van der Waals surface area contributed by atoms with Crippen molar-refractivity contribution in [3.05, 3.63) is 65.5 Å². The third kappa shape index (κ3) is 5.29. The van der Waals surface area contributed by atoms with Crippen LogP contribution in [0.1, 0.15) is 36.4 Å². The maximum absolute atomic E-state index is 14.4.